The van der Waals surface area contributed by atoms with E-state index in [2.05, 4.69) is 15.3 Å². The Bertz CT molecular complexity index is 1490. The summed E-state index contributed by atoms with van der Waals surface area (Å²) in [7, 11) is 3.95. The molecule has 0 radical (unpaired) electrons. The molecule has 9 nitrogen and oxygen atoms in total. The summed E-state index contributed by atoms with van der Waals surface area (Å²) in [6.07, 6.45) is 1.63. The molecule has 220 valence electrons. The van der Waals surface area contributed by atoms with E-state index in [-0.39, 0.29) is 23.3 Å². The molecule has 1 N–H and O–H groups in total. The number of ether oxygens (including phenoxy) is 3. The molecule has 0 unspecified atom stereocenters. The third kappa shape index (κ3) is 7.73. The second-order valence-corrected chi connectivity index (χ2v) is 9.84. The van der Waals surface area contributed by atoms with Crippen molar-refractivity contribution in [1.82, 2.24) is 14.9 Å². The van der Waals surface area contributed by atoms with Crippen LogP contribution in [0.5, 0.6) is 17.2 Å². The Morgan fingerprint density at radius 3 is 2.36 bits per heavy atom. The van der Waals surface area contributed by atoms with Crippen LogP contribution in [0.15, 0.2) is 72.9 Å². The molecule has 0 aliphatic rings. The fraction of sp³-hybridized carbons (Fsp3) is 0.281. The van der Waals surface area contributed by atoms with Crippen LogP contribution in [0, 0.1) is 19.7 Å². The van der Waals surface area contributed by atoms with Gasteiger partial charge in [0.05, 0.1) is 18.9 Å². The van der Waals surface area contributed by atoms with Crippen LogP contribution in [0.1, 0.15) is 24.5 Å². The average molecular weight is 574 g/mol. The number of carbonyl (C=O) groups is 1. The molecule has 0 fully saturated rings. The van der Waals surface area contributed by atoms with Crippen molar-refractivity contribution >= 4 is 29.2 Å². The maximum atomic E-state index is 14.8. The number of para-hydroxylation sites is 3. The van der Waals surface area contributed by atoms with E-state index in [9.17, 15) is 9.18 Å². The largest absolute Gasteiger partial charge is 0.490 e. The Morgan fingerprint density at radius 2 is 1.67 bits per heavy atom. The molecule has 10 heteroatoms. The van der Waals surface area contributed by atoms with Crippen LogP contribution in [-0.4, -0.2) is 54.8 Å². The highest BCUT2D eigenvalue weighted by Gasteiger charge is 2.26. The van der Waals surface area contributed by atoms with Crippen molar-refractivity contribution in [2.24, 2.45) is 0 Å². The van der Waals surface area contributed by atoms with Crippen molar-refractivity contribution in [2.45, 2.75) is 27.2 Å². The molecule has 4 rings (SSSR count). The van der Waals surface area contributed by atoms with Crippen molar-refractivity contribution in [1.29, 1.82) is 0 Å². The smallest absolute Gasteiger partial charge is 0.425 e. The number of amides is 1. The van der Waals surface area contributed by atoms with Crippen LogP contribution in [0.2, 0.25) is 0 Å². The molecule has 1 aromatic heterocycles. The molecule has 0 saturated heterocycles. The summed E-state index contributed by atoms with van der Waals surface area (Å²) in [6, 6.07) is 18.9. The number of hydrogen-bond donors (Lipinski definition) is 1. The van der Waals surface area contributed by atoms with Crippen molar-refractivity contribution in [2.75, 3.05) is 44.1 Å². The third-order valence-corrected chi connectivity index (χ3v) is 6.26. The standard InChI is InChI=1S/C32H36FN5O4/c1-6-40-27-13-7-8-14-28(27)42-32(39)38(30-22(2)11-9-12-23(30)3)29-17-18-34-31(36-29)35-24-15-16-26(25(33)21-24)41-20-10-19-37(4)5/h7-9,11-18,21H,6,10,19-20H2,1-5H3,(H,34,35,36). The fourth-order valence-corrected chi connectivity index (χ4v) is 4.33. The third-order valence-electron chi connectivity index (χ3n) is 6.26. The van der Waals surface area contributed by atoms with E-state index in [1.54, 1.807) is 42.5 Å². The van der Waals surface area contributed by atoms with E-state index in [1.807, 2.05) is 58.0 Å². The number of anilines is 4. The Hall–Kier alpha value is -4.70. The summed E-state index contributed by atoms with van der Waals surface area (Å²) in [5, 5.41) is 3.02. The second-order valence-electron chi connectivity index (χ2n) is 9.84. The maximum absolute atomic E-state index is 14.8. The van der Waals surface area contributed by atoms with Crippen molar-refractivity contribution in [3.63, 3.8) is 0 Å². The lowest BCUT2D eigenvalue weighted by atomic mass is 10.1. The number of hydrogen-bond acceptors (Lipinski definition) is 8. The topological polar surface area (TPSA) is 89.0 Å². The molecule has 1 amide bonds. The molecule has 0 bridgehead atoms. The Balaban J connectivity index is 1.60. The molecule has 0 spiro atoms. The maximum Gasteiger partial charge on any atom is 0.425 e. The van der Waals surface area contributed by atoms with Gasteiger partial charge >= 0.3 is 6.09 Å². The number of rotatable bonds is 12. The van der Waals surface area contributed by atoms with Gasteiger partial charge < -0.3 is 24.4 Å². The lowest BCUT2D eigenvalue weighted by Crippen LogP contribution is -2.31. The Morgan fingerprint density at radius 1 is 0.929 bits per heavy atom. The molecule has 42 heavy (non-hydrogen) atoms. The summed E-state index contributed by atoms with van der Waals surface area (Å²) >= 11 is 0. The first-order valence-electron chi connectivity index (χ1n) is 13.7. The molecule has 0 atom stereocenters. The van der Waals surface area contributed by atoms with E-state index in [4.69, 9.17) is 14.2 Å². The van der Waals surface area contributed by atoms with Gasteiger partial charge in [-0.1, -0.05) is 30.3 Å². The van der Waals surface area contributed by atoms with Crippen LogP contribution in [0.25, 0.3) is 0 Å². The van der Waals surface area contributed by atoms with Gasteiger partial charge in [0.25, 0.3) is 0 Å². The van der Waals surface area contributed by atoms with Crippen LogP contribution < -0.4 is 24.4 Å². The first-order chi connectivity index (χ1) is 20.3. The van der Waals surface area contributed by atoms with Gasteiger partial charge in [0.2, 0.25) is 5.95 Å². The van der Waals surface area contributed by atoms with E-state index in [0.29, 0.717) is 30.3 Å². The average Bonchev–Trinajstić information content (AvgIpc) is 2.95. The van der Waals surface area contributed by atoms with E-state index in [0.717, 1.165) is 24.1 Å². The van der Waals surface area contributed by atoms with Gasteiger partial charge in [0, 0.05) is 30.6 Å². The lowest BCUT2D eigenvalue weighted by molar-refractivity contribution is 0.207. The Kier molecular flexibility index (Phi) is 10.3. The number of halogens is 1. The van der Waals surface area contributed by atoms with Gasteiger partial charge in [-0.2, -0.15) is 4.98 Å². The predicted octanol–water partition coefficient (Wildman–Crippen LogP) is 7.04. The molecule has 1 heterocycles. The van der Waals surface area contributed by atoms with Crippen LogP contribution in [0.3, 0.4) is 0 Å². The molecule has 3 aromatic carbocycles. The van der Waals surface area contributed by atoms with E-state index in [1.165, 1.54) is 17.2 Å². The number of nitrogens with one attached hydrogen (secondary N) is 1. The highest BCUT2D eigenvalue weighted by Crippen LogP contribution is 2.34. The van der Waals surface area contributed by atoms with Gasteiger partial charge in [-0.3, -0.25) is 0 Å². The minimum Gasteiger partial charge on any atom is -0.490 e. The molecule has 0 aliphatic heterocycles. The van der Waals surface area contributed by atoms with Gasteiger partial charge in [0.15, 0.2) is 23.1 Å². The molecule has 0 saturated carbocycles. The summed E-state index contributed by atoms with van der Waals surface area (Å²) in [5.74, 6) is 0.842. The first-order valence-corrected chi connectivity index (χ1v) is 13.7. The van der Waals surface area contributed by atoms with Gasteiger partial charge in [0.1, 0.15) is 5.82 Å². The minimum atomic E-state index is -0.675. The quantitative estimate of drug-likeness (QED) is 0.181. The predicted molar refractivity (Wildman–Crippen MR) is 162 cm³/mol. The SMILES string of the molecule is CCOc1ccccc1OC(=O)N(c1ccnc(Nc2ccc(OCCCN(C)C)c(F)c2)n1)c1c(C)cccc1C. The van der Waals surface area contributed by atoms with Crippen LogP contribution in [-0.2, 0) is 0 Å². The van der Waals surface area contributed by atoms with Crippen molar-refractivity contribution < 1.29 is 23.4 Å². The van der Waals surface area contributed by atoms with Crippen LogP contribution >= 0.6 is 0 Å². The number of aryl methyl sites for hydroxylation is 2. The number of aromatic nitrogens is 2. The summed E-state index contributed by atoms with van der Waals surface area (Å²) in [5.41, 5.74) is 2.75. The first kappa shape index (κ1) is 30.3. The zero-order valence-corrected chi connectivity index (χ0v) is 24.6. The fourth-order valence-electron chi connectivity index (χ4n) is 4.33. The van der Waals surface area contributed by atoms with E-state index < -0.39 is 11.9 Å². The highest BCUT2D eigenvalue weighted by atomic mass is 19.1. The summed E-state index contributed by atoms with van der Waals surface area (Å²) < 4.78 is 31.8. The number of nitrogens with zero attached hydrogens (tertiary/aromatic N) is 4. The highest BCUT2D eigenvalue weighted by molar-refractivity contribution is 5.98. The zero-order valence-electron chi connectivity index (χ0n) is 24.6. The molecular weight excluding hydrogens is 537 g/mol. The number of carbonyl (C=O) groups excluding carboxylic acids is 1. The van der Waals surface area contributed by atoms with Gasteiger partial charge in [-0.25, -0.2) is 19.1 Å². The monoisotopic (exact) mass is 573 g/mol. The molecule has 0 aliphatic carbocycles. The van der Waals surface area contributed by atoms with Crippen LogP contribution in [0.4, 0.5) is 32.3 Å². The lowest BCUT2D eigenvalue weighted by Gasteiger charge is -2.25. The van der Waals surface area contributed by atoms with Gasteiger partial charge in [-0.05, 0) is 76.7 Å². The summed E-state index contributed by atoms with van der Waals surface area (Å²) in [6.45, 7) is 7.34. The van der Waals surface area contributed by atoms with Crippen molar-refractivity contribution in [3.8, 4) is 17.2 Å². The minimum absolute atomic E-state index is 0.172. The van der Waals surface area contributed by atoms with Crippen molar-refractivity contribution in [3.05, 3.63) is 89.9 Å². The summed E-state index contributed by atoms with van der Waals surface area (Å²) in [4.78, 5) is 26.1. The molecule has 4 aromatic rings. The molecular formula is C32H36FN5O4. The normalized spacial score (nSPS) is 10.8. The van der Waals surface area contributed by atoms with Gasteiger partial charge in [-0.15, -0.1) is 0 Å². The second kappa shape index (κ2) is 14.3. The Labute approximate surface area is 245 Å². The zero-order chi connectivity index (χ0) is 30.1. The van der Waals surface area contributed by atoms with E-state index >= 15 is 0 Å². The number of benzene rings is 3.